The molecule has 0 fully saturated rings. The molecule has 1 unspecified atom stereocenters. The smallest absolute Gasteiger partial charge is 0.150 e. The van der Waals surface area contributed by atoms with Crippen LogP contribution in [0.1, 0.15) is 23.4 Å². The molecule has 1 aromatic carbocycles. The second kappa shape index (κ2) is 5.15. The second-order valence-electron chi connectivity index (χ2n) is 3.81. The SMILES string of the molecule is CC(Nc1c(F)cc(C#N)cc1F)c1cccs1. The lowest BCUT2D eigenvalue weighted by atomic mass is 10.2. The first kappa shape index (κ1) is 12.5. The zero-order valence-corrected chi connectivity index (χ0v) is 10.4. The van der Waals surface area contributed by atoms with Gasteiger partial charge in [-0.2, -0.15) is 5.26 Å². The van der Waals surface area contributed by atoms with E-state index in [0.29, 0.717) is 0 Å². The summed E-state index contributed by atoms with van der Waals surface area (Å²) in [7, 11) is 0. The number of anilines is 1. The highest BCUT2D eigenvalue weighted by Gasteiger charge is 2.14. The molecule has 2 aromatic rings. The number of hydrogen-bond donors (Lipinski definition) is 1. The van der Waals surface area contributed by atoms with Gasteiger partial charge in [0, 0.05) is 4.88 Å². The molecular weight excluding hydrogens is 254 g/mol. The van der Waals surface area contributed by atoms with E-state index < -0.39 is 11.6 Å². The van der Waals surface area contributed by atoms with Gasteiger partial charge in [0.1, 0.15) is 5.69 Å². The quantitative estimate of drug-likeness (QED) is 0.907. The lowest BCUT2D eigenvalue weighted by Crippen LogP contribution is -2.08. The van der Waals surface area contributed by atoms with Gasteiger partial charge in [0.05, 0.1) is 17.7 Å². The van der Waals surface area contributed by atoms with Crippen molar-refractivity contribution in [3.05, 3.63) is 51.7 Å². The van der Waals surface area contributed by atoms with E-state index >= 15 is 0 Å². The van der Waals surface area contributed by atoms with E-state index in [1.54, 1.807) is 6.07 Å². The molecule has 0 aliphatic heterocycles. The molecule has 92 valence electrons. The Morgan fingerprint density at radius 2 is 2.00 bits per heavy atom. The molecule has 0 aliphatic rings. The molecular formula is C13H10F2N2S. The standard InChI is InChI=1S/C13H10F2N2S/c1-8(12-3-2-4-18-12)17-13-10(14)5-9(7-16)6-11(13)15/h2-6,8,17H,1H3. The number of nitrogens with one attached hydrogen (secondary N) is 1. The van der Waals surface area contributed by atoms with Crippen molar-refractivity contribution in [2.24, 2.45) is 0 Å². The van der Waals surface area contributed by atoms with Crippen LogP contribution in [0.5, 0.6) is 0 Å². The van der Waals surface area contributed by atoms with E-state index in [1.165, 1.54) is 11.3 Å². The monoisotopic (exact) mass is 264 g/mol. The van der Waals surface area contributed by atoms with Crippen LogP contribution in [0.2, 0.25) is 0 Å². The summed E-state index contributed by atoms with van der Waals surface area (Å²) in [6.07, 6.45) is 0. The van der Waals surface area contributed by atoms with Gasteiger partial charge in [-0.25, -0.2) is 8.78 Å². The Morgan fingerprint density at radius 1 is 1.33 bits per heavy atom. The van der Waals surface area contributed by atoms with Crippen molar-refractivity contribution >= 4 is 17.0 Å². The highest BCUT2D eigenvalue weighted by atomic mass is 32.1. The van der Waals surface area contributed by atoms with E-state index in [2.05, 4.69) is 5.32 Å². The second-order valence-corrected chi connectivity index (χ2v) is 4.79. The molecule has 0 saturated carbocycles. The van der Waals surface area contributed by atoms with Gasteiger partial charge in [-0.3, -0.25) is 0 Å². The van der Waals surface area contributed by atoms with Crippen LogP contribution in [0.25, 0.3) is 0 Å². The summed E-state index contributed by atoms with van der Waals surface area (Å²) in [6, 6.07) is 7.33. The lowest BCUT2D eigenvalue weighted by molar-refractivity contribution is 0.584. The predicted molar refractivity (Wildman–Crippen MR) is 67.4 cm³/mol. The normalized spacial score (nSPS) is 11.9. The Labute approximate surface area is 107 Å². The van der Waals surface area contributed by atoms with Crippen molar-refractivity contribution in [3.63, 3.8) is 0 Å². The third-order valence-corrected chi connectivity index (χ3v) is 3.56. The molecule has 0 spiro atoms. The van der Waals surface area contributed by atoms with Crippen molar-refractivity contribution in [2.45, 2.75) is 13.0 Å². The summed E-state index contributed by atoms with van der Waals surface area (Å²) in [4.78, 5) is 0.984. The van der Waals surface area contributed by atoms with Crippen LogP contribution in [0, 0.1) is 23.0 Å². The highest BCUT2D eigenvalue weighted by Crippen LogP contribution is 2.27. The predicted octanol–water partition coefficient (Wildman–Crippen LogP) is 4.07. The largest absolute Gasteiger partial charge is 0.373 e. The molecule has 1 heterocycles. The van der Waals surface area contributed by atoms with E-state index in [0.717, 1.165) is 17.0 Å². The fourth-order valence-corrected chi connectivity index (χ4v) is 2.34. The minimum Gasteiger partial charge on any atom is -0.373 e. The molecule has 2 rings (SSSR count). The van der Waals surface area contributed by atoms with Crippen LogP contribution < -0.4 is 5.32 Å². The molecule has 1 N–H and O–H groups in total. The van der Waals surface area contributed by atoms with Crippen molar-refractivity contribution in [1.29, 1.82) is 5.26 Å². The molecule has 0 bridgehead atoms. The average molecular weight is 264 g/mol. The van der Waals surface area contributed by atoms with Crippen LogP contribution in [-0.2, 0) is 0 Å². The summed E-state index contributed by atoms with van der Waals surface area (Å²) in [6.45, 7) is 1.82. The van der Waals surface area contributed by atoms with Crippen LogP contribution >= 0.6 is 11.3 Å². The molecule has 1 aromatic heterocycles. The number of nitriles is 1. The van der Waals surface area contributed by atoms with Crippen LogP contribution in [0.15, 0.2) is 29.6 Å². The molecule has 0 saturated heterocycles. The topological polar surface area (TPSA) is 35.8 Å². The Morgan fingerprint density at radius 3 is 2.50 bits per heavy atom. The van der Waals surface area contributed by atoms with Gasteiger partial charge in [-0.15, -0.1) is 11.3 Å². The average Bonchev–Trinajstić information content (AvgIpc) is 2.87. The maximum atomic E-state index is 13.6. The van der Waals surface area contributed by atoms with Gasteiger partial charge < -0.3 is 5.32 Å². The Bertz CT molecular complexity index is 565. The molecule has 18 heavy (non-hydrogen) atoms. The van der Waals surface area contributed by atoms with Crippen molar-refractivity contribution in [2.75, 3.05) is 5.32 Å². The van der Waals surface area contributed by atoms with Gasteiger partial charge in [-0.05, 0) is 30.5 Å². The summed E-state index contributed by atoms with van der Waals surface area (Å²) in [5.74, 6) is -1.51. The zero-order valence-electron chi connectivity index (χ0n) is 9.58. The van der Waals surface area contributed by atoms with Crippen molar-refractivity contribution in [3.8, 4) is 6.07 Å². The van der Waals surface area contributed by atoms with Gasteiger partial charge in [0.15, 0.2) is 11.6 Å². The molecule has 1 atom stereocenters. The van der Waals surface area contributed by atoms with E-state index in [9.17, 15) is 8.78 Å². The fraction of sp³-hybridized carbons (Fsp3) is 0.154. The van der Waals surface area contributed by atoms with Gasteiger partial charge in [-0.1, -0.05) is 6.07 Å². The molecule has 2 nitrogen and oxygen atoms in total. The third kappa shape index (κ3) is 2.49. The minimum atomic E-state index is -0.755. The summed E-state index contributed by atoms with van der Waals surface area (Å²) >= 11 is 1.51. The number of thiophene rings is 1. The maximum Gasteiger partial charge on any atom is 0.150 e. The third-order valence-electron chi connectivity index (χ3n) is 2.50. The zero-order chi connectivity index (χ0) is 13.1. The first-order valence-corrected chi connectivity index (χ1v) is 6.19. The first-order chi connectivity index (χ1) is 8.61. The Balaban J connectivity index is 2.27. The summed E-state index contributed by atoms with van der Waals surface area (Å²) in [5, 5.41) is 13.3. The Kier molecular flexibility index (Phi) is 3.58. The maximum absolute atomic E-state index is 13.6. The van der Waals surface area contributed by atoms with Crippen LogP contribution in [0.4, 0.5) is 14.5 Å². The van der Waals surface area contributed by atoms with E-state index in [1.807, 2.05) is 24.4 Å². The van der Waals surface area contributed by atoms with Gasteiger partial charge >= 0.3 is 0 Å². The van der Waals surface area contributed by atoms with Gasteiger partial charge in [0.2, 0.25) is 0 Å². The fourth-order valence-electron chi connectivity index (χ4n) is 1.60. The minimum absolute atomic E-state index is 0.0284. The van der Waals surface area contributed by atoms with Crippen molar-refractivity contribution in [1.82, 2.24) is 0 Å². The number of rotatable bonds is 3. The van der Waals surface area contributed by atoms with E-state index in [-0.39, 0.29) is 17.3 Å². The molecule has 0 aliphatic carbocycles. The van der Waals surface area contributed by atoms with Crippen LogP contribution in [-0.4, -0.2) is 0 Å². The number of nitrogens with zero attached hydrogens (tertiary/aromatic N) is 1. The Hall–Kier alpha value is -1.93. The molecule has 0 radical (unpaired) electrons. The van der Waals surface area contributed by atoms with E-state index in [4.69, 9.17) is 5.26 Å². The molecule has 0 amide bonds. The number of benzene rings is 1. The van der Waals surface area contributed by atoms with Crippen LogP contribution in [0.3, 0.4) is 0 Å². The van der Waals surface area contributed by atoms with Gasteiger partial charge in [0.25, 0.3) is 0 Å². The lowest BCUT2D eigenvalue weighted by Gasteiger charge is -2.15. The first-order valence-electron chi connectivity index (χ1n) is 5.31. The van der Waals surface area contributed by atoms with Crippen molar-refractivity contribution < 1.29 is 8.78 Å². The highest BCUT2D eigenvalue weighted by molar-refractivity contribution is 7.10. The molecule has 5 heteroatoms. The summed E-state index contributed by atoms with van der Waals surface area (Å²) in [5.41, 5.74) is -0.228. The number of hydrogen-bond acceptors (Lipinski definition) is 3. The summed E-state index contributed by atoms with van der Waals surface area (Å²) < 4.78 is 27.3. The number of halogens is 2.